The van der Waals surface area contributed by atoms with E-state index in [4.69, 9.17) is 0 Å². The zero-order valence-corrected chi connectivity index (χ0v) is 13.3. The fourth-order valence-corrected chi connectivity index (χ4v) is 4.91. The van der Waals surface area contributed by atoms with Gasteiger partial charge in [0, 0.05) is 41.1 Å². The lowest BCUT2D eigenvalue weighted by Gasteiger charge is -2.21. The topological polar surface area (TPSA) is 50.3 Å². The van der Waals surface area contributed by atoms with Crippen LogP contribution >= 0.6 is 15.9 Å². The third kappa shape index (κ3) is 2.47. The van der Waals surface area contributed by atoms with Crippen molar-refractivity contribution < 1.29 is 8.42 Å². The molecule has 0 atom stereocenters. The third-order valence-electron chi connectivity index (χ3n) is 3.49. The maximum absolute atomic E-state index is 12.9. The fourth-order valence-electron chi connectivity index (χ4n) is 2.39. The van der Waals surface area contributed by atoms with Gasteiger partial charge in [0.25, 0.3) is 0 Å². The fraction of sp³-hybridized carbons (Fsp3) is 0.357. The van der Waals surface area contributed by atoms with E-state index in [-0.39, 0.29) is 6.04 Å². The molecule has 1 aromatic carbocycles. The van der Waals surface area contributed by atoms with Gasteiger partial charge in [0.1, 0.15) is 0 Å². The van der Waals surface area contributed by atoms with E-state index in [0.29, 0.717) is 16.8 Å². The van der Waals surface area contributed by atoms with Crippen LogP contribution in [0.4, 0.5) is 0 Å². The Balaban J connectivity index is 2.13. The second-order valence-electron chi connectivity index (χ2n) is 4.89. The van der Waals surface area contributed by atoms with E-state index < -0.39 is 10.0 Å². The molecule has 0 radical (unpaired) electrons. The predicted molar refractivity (Wildman–Crippen MR) is 82.5 cm³/mol. The van der Waals surface area contributed by atoms with Crippen molar-refractivity contribution in [1.82, 2.24) is 9.29 Å². The van der Waals surface area contributed by atoms with Crippen LogP contribution in [0.25, 0.3) is 10.8 Å². The Morgan fingerprint density at radius 1 is 1.30 bits per heavy atom. The molecule has 1 heterocycles. The summed E-state index contributed by atoms with van der Waals surface area (Å²) in [7, 11) is -3.45. The third-order valence-corrected chi connectivity index (χ3v) is 5.85. The summed E-state index contributed by atoms with van der Waals surface area (Å²) < 4.78 is 27.4. The highest BCUT2D eigenvalue weighted by Crippen LogP contribution is 2.34. The van der Waals surface area contributed by atoms with Gasteiger partial charge in [-0.25, -0.2) is 8.42 Å². The first kappa shape index (κ1) is 14.0. The number of sulfonamides is 1. The van der Waals surface area contributed by atoms with Gasteiger partial charge in [0.2, 0.25) is 10.0 Å². The average Bonchev–Trinajstić information content (AvgIpc) is 3.28. The summed E-state index contributed by atoms with van der Waals surface area (Å²) in [4.78, 5) is 4.43. The minimum atomic E-state index is -3.45. The molecule has 106 valence electrons. The molecule has 0 unspecified atom stereocenters. The van der Waals surface area contributed by atoms with Crippen LogP contribution < -0.4 is 0 Å². The molecule has 1 saturated carbocycles. The maximum Gasteiger partial charge on any atom is 0.243 e. The van der Waals surface area contributed by atoms with Gasteiger partial charge < -0.3 is 0 Å². The predicted octanol–water partition coefficient (Wildman–Crippen LogP) is 2.78. The number of nitrogens with zero attached hydrogens (tertiary/aromatic N) is 2. The summed E-state index contributed by atoms with van der Waals surface area (Å²) in [6.07, 6.45) is 5.24. The lowest BCUT2D eigenvalue weighted by atomic mass is 10.2. The highest BCUT2D eigenvalue weighted by molar-refractivity contribution is 9.09. The standard InChI is InChI=1S/C14H15BrN2O2S/c15-7-9-17(12-4-5-12)20(18,19)14-3-1-2-11-10-16-8-6-13(11)14/h1-3,6,8,10,12H,4-5,7,9H2. The van der Waals surface area contributed by atoms with Crippen LogP contribution in [0.3, 0.4) is 0 Å². The molecule has 0 spiro atoms. The molecule has 3 rings (SSSR count). The molecule has 0 bridgehead atoms. The highest BCUT2D eigenvalue weighted by atomic mass is 79.9. The maximum atomic E-state index is 12.9. The van der Waals surface area contributed by atoms with Crippen LogP contribution in [0.15, 0.2) is 41.6 Å². The SMILES string of the molecule is O=S(=O)(c1cccc2cnccc12)N(CCBr)C1CC1. The van der Waals surface area contributed by atoms with E-state index in [1.807, 2.05) is 6.07 Å². The molecule has 1 aliphatic rings. The lowest BCUT2D eigenvalue weighted by molar-refractivity contribution is 0.425. The smallest absolute Gasteiger partial charge is 0.243 e. The van der Waals surface area contributed by atoms with Crippen molar-refractivity contribution in [3.63, 3.8) is 0 Å². The molecule has 1 aliphatic carbocycles. The first-order valence-corrected chi connectivity index (χ1v) is 9.11. The summed E-state index contributed by atoms with van der Waals surface area (Å²) in [5, 5.41) is 2.24. The van der Waals surface area contributed by atoms with E-state index in [0.717, 1.165) is 23.6 Å². The first-order valence-electron chi connectivity index (χ1n) is 6.55. The van der Waals surface area contributed by atoms with Crippen molar-refractivity contribution in [2.24, 2.45) is 0 Å². The second-order valence-corrected chi connectivity index (χ2v) is 7.54. The molecular weight excluding hydrogens is 340 g/mol. The number of rotatable bonds is 5. The largest absolute Gasteiger partial charge is 0.264 e. The normalized spacial score (nSPS) is 15.9. The Morgan fingerprint density at radius 2 is 2.10 bits per heavy atom. The number of benzene rings is 1. The van der Waals surface area contributed by atoms with Gasteiger partial charge in [-0.05, 0) is 25.0 Å². The summed E-state index contributed by atoms with van der Waals surface area (Å²) in [6, 6.07) is 7.26. The summed E-state index contributed by atoms with van der Waals surface area (Å²) in [5.74, 6) is 0. The van der Waals surface area contributed by atoms with Crippen molar-refractivity contribution in [3.8, 4) is 0 Å². The van der Waals surface area contributed by atoms with E-state index in [2.05, 4.69) is 20.9 Å². The van der Waals surface area contributed by atoms with Crippen molar-refractivity contribution in [2.75, 3.05) is 11.9 Å². The van der Waals surface area contributed by atoms with Gasteiger partial charge >= 0.3 is 0 Å². The van der Waals surface area contributed by atoms with E-state index in [9.17, 15) is 8.42 Å². The Kier molecular flexibility index (Phi) is 3.79. The van der Waals surface area contributed by atoms with Crippen molar-refractivity contribution >= 4 is 36.7 Å². The van der Waals surface area contributed by atoms with E-state index >= 15 is 0 Å². The van der Waals surface area contributed by atoms with Crippen molar-refractivity contribution in [2.45, 2.75) is 23.8 Å². The minimum absolute atomic E-state index is 0.162. The van der Waals surface area contributed by atoms with Crippen LogP contribution in [0.1, 0.15) is 12.8 Å². The van der Waals surface area contributed by atoms with Gasteiger partial charge in [-0.2, -0.15) is 4.31 Å². The second kappa shape index (κ2) is 5.42. The van der Waals surface area contributed by atoms with Crippen LogP contribution in [0.2, 0.25) is 0 Å². The lowest BCUT2D eigenvalue weighted by Crippen LogP contribution is -2.34. The summed E-state index contributed by atoms with van der Waals surface area (Å²) in [6.45, 7) is 0.508. The van der Waals surface area contributed by atoms with E-state index in [1.54, 1.807) is 34.9 Å². The molecule has 2 aromatic rings. The number of pyridine rings is 1. The molecule has 0 amide bonds. The quantitative estimate of drug-likeness (QED) is 0.775. The summed E-state index contributed by atoms with van der Waals surface area (Å²) >= 11 is 3.34. The van der Waals surface area contributed by atoms with Crippen molar-refractivity contribution in [3.05, 3.63) is 36.7 Å². The number of alkyl halides is 1. The number of halogens is 1. The minimum Gasteiger partial charge on any atom is -0.264 e. The van der Waals surface area contributed by atoms with Gasteiger partial charge in [-0.1, -0.05) is 28.1 Å². The Hall–Kier alpha value is -0.980. The number of hydrogen-bond donors (Lipinski definition) is 0. The Morgan fingerprint density at radius 3 is 2.80 bits per heavy atom. The summed E-state index contributed by atoms with van der Waals surface area (Å²) in [5.41, 5.74) is 0. The Bertz CT molecular complexity index is 724. The molecule has 0 N–H and O–H groups in total. The Labute approximate surface area is 127 Å². The van der Waals surface area contributed by atoms with Gasteiger partial charge in [-0.3, -0.25) is 4.98 Å². The zero-order valence-electron chi connectivity index (χ0n) is 10.9. The average molecular weight is 355 g/mol. The molecule has 0 aliphatic heterocycles. The van der Waals surface area contributed by atoms with Crippen LogP contribution in [0, 0.1) is 0 Å². The molecule has 6 heteroatoms. The van der Waals surface area contributed by atoms with Crippen molar-refractivity contribution in [1.29, 1.82) is 0 Å². The number of hydrogen-bond acceptors (Lipinski definition) is 3. The number of aromatic nitrogens is 1. The van der Waals surface area contributed by atoms with Gasteiger partial charge in [0.15, 0.2) is 0 Å². The molecule has 0 saturated heterocycles. The van der Waals surface area contributed by atoms with Crippen LogP contribution in [-0.2, 0) is 10.0 Å². The molecule has 1 aromatic heterocycles. The van der Waals surface area contributed by atoms with Crippen LogP contribution in [0.5, 0.6) is 0 Å². The van der Waals surface area contributed by atoms with E-state index in [1.165, 1.54) is 0 Å². The van der Waals surface area contributed by atoms with Gasteiger partial charge in [-0.15, -0.1) is 0 Å². The highest BCUT2D eigenvalue weighted by Gasteiger charge is 2.38. The first-order chi connectivity index (χ1) is 9.64. The molecule has 20 heavy (non-hydrogen) atoms. The monoisotopic (exact) mass is 354 g/mol. The van der Waals surface area contributed by atoms with Crippen LogP contribution in [-0.4, -0.2) is 35.6 Å². The molecule has 1 fully saturated rings. The molecule has 4 nitrogen and oxygen atoms in total. The zero-order chi connectivity index (χ0) is 14.2. The number of fused-ring (bicyclic) bond motifs is 1. The van der Waals surface area contributed by atoms with Gasteiger partial charge in [0.05, 0.1) is 4.90 Å². The molecular formula is C14H15BrN2O2S.